The predicted molar refractivity (Wildman–Crippen MR) is 78.9 cm³/mol. The van der Waals surface area contributed by atoms with Gasteiger partial charge in [-0.25, -0.2) is 0 Å². The average molecular weight is 256 g/mol. The zero-order chi connectivity index (χ0) is 13.5. The summed E-state index contributed by atoms with van der Waals surface area (Å²) < 4.78 is 0. The van der Waals surface area contributed by atoms with Crippen LogP contribution in [0.5, 0.6) is 0 Å². The Bertz CT molecular complexity index is 212. The summed E-state index contributed by atoms with van der Waals surface area (Å²) >= 11 is 0. The van der Waals surface area contributed by atoms with Crippen LogP contribution in [-0.2, 0) is 0 Å². The van der Waals surface area contributed by atoms with E-state index in [1.165, 1.54) is 39.1 Å². The lowest BCUT2D eigenvalue weighted by Gasteiger charge is -2.37. The number of hydrogen-bond acceptors (Lipinski definition) is 4. The van der Waals surface area contributed by atoms with Crippen LogP contribution in [0.2, 0.25) is 0 Å². The third-order valence-corrected chi connectivity index (χ3v) is 4.17. The molecule has 4 heteroatoms. The van der Waals surface area contributed by atoms with Crippen molar-refractivity contribution in [3.05, 3.63) is 0 Å². The van der Waals surface area contributed by atoms with E-state index >= 15 is 0 Å². The summed E-state index contributed by atoms with van der Waals surface area (Å²) in [6.45, 7) is 12.7. The molecule has 0 spiro atoms. The minimum Gasteiger partial charge on any atom is -0.326 e. The van der Waals surface area contributed by atoms with Gasteiger partial charge in [-0.05, 0) is 20.0 Å². The first-order valence-corrected chi connectivity index (χ1v) is 7.38. The molecule has 18 heavy (non-hydrogen) atoms. The van der Waals surface area contributed by atoms with E-state index in [9.17, 15) is 0 Å². The van der Waals surface area contributed by atoms with Gasteiger partial charge in [-0.1, -0.05) is 20.3 Å². The van der Waals surface area contributed by atoms with Crippen LogP contribution in [-0.4, -0.2) is 80.7 Å². The third kappa shape index (κ3) is 5.65. The van der Waals surface area contributed by atoms with Crippen molar-refractivity contribution in [2.45, 2.75) is 26.3 Å². The second-order valence-electron chi connectivity index (χ2n) is 5.99. The van der Waals surface area contributed by atoms with Gasteiger partial charge in [0, 0.05) is 51.9 Å². The number of nitrogens with zero attached hydrogens (tertiary/aromatic N) is 3. The maximum Gasteiger partial charge on any atom is 0.0193 e. The molecular weight excluding hydrogens is 224 g/mol. The Balaban J connectivity index is 2.19. The maximum atomic E-state index is 6.23. The van der Waals surface area contributed by atoms with Crippen molar-refractivity contribution in [1.82, 2.24) is 14.7 Å². The number of piperazine rings is 1. The molecule has 1 aliphatic rings. The van der Waals surface area contributed by atoms with Gasteiger partial charge in [0.1, 0.15) is 0 Å². The van der Waals surface area contributed by atoms with E-state index in [0.29, 0.717) is 12.0 Å². The minimum absolute atomic E-state index is 0.336. The molecule has 108 valence electrons. The van der Waals surface area contributed by atoms with Gasteiger partial charge in [-0.3, -0.25) is 9.80 Å². The normalized spacial score (nSPS) is 22.3. The lowest BCUT2D eigenvalue weighted by molar-refractivity contribution is 0.115. The molecule has 0 amide bonds. The van der Waals surface area contributed by atoms with Gasteiger partial charge >= 0.3 is 0 Å². The van der Waals surface area contributed by atoms with Crippen molar-refractivity contribution in [2.75, 3.05) is 59.9 Å². The predicted octanol–water partition coefficient (Wildman–Crippen LogP) is 0.539. The van der Waals surface area contributed by atoms with Crippen LogP contribution in [0.15, 0.2) is 0 Å². The van der Waals surface area contributed by atoms with Crippen molar-refractivity contribution >= 4 is 0 Å². The smallest absolute Gasteiger partial charge is 0.0193 e. The van der Waals surface area contributed by atoms with Gasteiger partial charge in [0.25, 0.3) is 0 Å². The van der Waals surface area contributed by atoms with Gasteiger partial charge in [0.05, 0.1) is 0 Å². The third-order valence-electron chi connectivity index (χ3n) is 4.17. The second kappa shape index (κ2) is 8.10. The van der Waals surface area contributed by atoms with E-state index in [-0.39, 0.29) is 0 Å². The van der Waals surface area contributed by atoms with E-state index in [1.807, 2.05) is 0 Å². The van der Waals surface area contributed by atoms with Crippen LogP contribution >= 0.6 is 0 Å². The highest BCUT2D eigenvalue weighted by Gasteiger charge is 2.20. The lowest BCUT2D eigenvalue weighted by atomic mass is 9.99. The second-order valence-corrected chi connectivity index (χ2v) is 5.99. The molecule has 1 heterocycles. The Kier molecular flexibility index (Phi) is 7.15. The molecular formula is C14H32N4. The van der Waals surface area contributed by atoms with Crippen LogP contribution in [0.1, 0.15) is 20.3 Å². The number of likely N-dealkylation sites (N-methyl/N-ethyl adjacent to an activating group) is 1. The zero-order valence-corrected chi connectivity index (χ0v) is 12.7. The fourth-order valence-electron chi connectivity index (χ4n) is 2.32. The molecule has 2 atom stereocenters. The van der Waals surface area contributed by atoms with Crippen LogP contribution in [0.3, 0.4) is 0 Å². The van der Waals surface area contributed by atoms with Crippen LogP contribution in [0, 0.1) is 5.92 Å². The first kappa shape index (κ1) is 15.9. The largest absolute Gasteiger partial charge is 0.326 e. The first-order valence-electron chi connectivity index (χ1n) is 7.38. The molecule has 1 aliphatic heterocycles. The quantitative estimate of drug-likeness (QED) is 0.721. The molecule has 0 aromatic rings. The van der Waals surface area contributed by atoms with Crippen LogP contribution < -0.4 is 5.73 Å². The summed E-state index contributed by atoms with van der Waals surface area (Å²) in [5, 5.41) is 0. The maximum absolute atomic E-state index is 6.23. The van der Waals surface area contributed by atoms with Gasteiger partial charge in [0.15, 0.2) is 0 Å². The molecule has 1 fully saturated rings. The summed E-state index contributed by atoms with van der Waals surface area (Å²) in [5.41, 5.74) is 6.23. The number of rotatable bonds is 7. The fourth-order valence-corrected chi connectivity index (χ4v) is 2.32. The Labute approximate surface area is 113 Å². The summed E-state index contributed by atoms with van der Waals surface area (Å²) in [5.74, 6) is 0.636. The molecule has 0 aromatic carbocycles. The highest BCUT2D eigenvalue weighted by molar-refractivity contribution is 4.78. The summed E-state index contributed by atoms with van der Waals surface area (Å²) in [6, 6.07) is 0.336. The highest BCUT2D eigenvalue weighted by atomic mass is 15.3. The molecule has 0 bridgehead atoms. The van der Waals surface area contributed by atoms with Gasteiger partial charge < -0.3 is 10.6 Å². The molecule has 0 radical (unpaired) electrons. The van der Waals surface area contributed by atoms with E-state index in [1.54, 1.807) is 0 Å². The van der Waals surface area contributed by atoms with E-state index in [0.717, 1.165) is 13.1 Å². The topological polar surface area (TPSA) is 35.7 Å². The Morgan fingerprint density at radius 2 is 1.67 bits per heavy atom. The SMILES string of the molecule is CC[C@H](C)[C@H](N)CN1CCN(CCN(C)C)CC1. The van der Waals surface area contributed by atoms with Gasteiger partial charge in [-0.15, -0.1) is 0 Å². The van der Waals surface area contributed by atoms with Crippen molar-refractivity contribution in [3.63, 3.8) is 0 Å². The summed E-state index contributed by atoms with van der Waals surface area (Å²) in [4.78, 5) is 7.35. The molecule has 0 unspecified atom stereocenters. The Morgan fingerprint density at radius 3 is 2.17 bits per heavy atom. The number of hydrogen-bond donors (Lipinski definition) is 1. The Morgan fingerprint density at radius 1 is 1.11 bits per heavy atom. The summed E-state index contributed by atoms with van der Waals surface area (Å²) in [6.07, 6.45) is 1.18. The highest BCUT2D eigenvalue weighted by Crippen LogP contribution is 2.09. The van der Waals surface area contributed by atoms with Crippen LogP contribution in [0.25, 0.3) is 0 Å². The van der Waals surface area contributed by atoms with Gasteiger partial charge in [-0.2, -0.15) is 0 Å². The summed E-state index contributed by atoms with van der Waals surface area (Å²) in [7, 11) is 4.28. The molecule has 1 saturated heterocycles. The zero-order valence-electron chi connectivity index (χ0n) is 12.7. The monoisotopic (exact) mass is 256 g/mol. The van der Waals surface area contributed by atoms with Crippen molar-refractivity contribution in [2.24, 2.45) is 11.7 Å². The molecule has 0 saturated carbocycles. The molecule has 2 N–H and O–H groups in total. The Hall–Kier alpha value is -0.160. The van der Waals surface area contributed by atoms with E-state index < -0.39 is 0 Å². The first-order chi connectivity index (χ1) is 8.52. The standard InChI is InChI=1S/C14H32N4/c1-5-13(2)14(15)12-18-10-8-17(9-11-18)7-6-16(3)4/h13-14H,5-12,15H2,1-4H3/t13-,14+/m0/s1. The number of nitrogens with two attached hydrogens (primary N) is 1. The van der Waals surface area contributed by atoms with Gasteiger partial charge in [0.2, 0.25) is 0 Å². The minimum atomic E-state index is 0.336. The van der Waals surface area contributed by atoms with Crippen molar-refractivity contribution in [1.29, 1.82) is 0 Å². The van der Waals surface area contributed by atoms with Crippen LogP contribution in [0.4, 0.5) is 0 Å². The molecule has 1 rings (SSSR count). The fraction of sp³-hybridized carbons (Fsp3) is 1.00. The lowest BCUT2D eigenvalue weighted by Crippen LogP contribution is -2.51. The average Bonchev–Trinajstić information content (AvgIpc) is 2.36. The van der Waals surface area contributed by atoms with Crippen molar-refractivity contribution < 1.29 is 0 Å². The molecule has 0 aromatic heterocycles. The van der Waals surface area contributed by atoms with Crippen molar-refractivity contribution in [3.8, 4) is 0 Å². The van der Waals surface area contributed by atoms with E-state index in [2.05, 4.69) is 42.6 Å². The van der Waals surface area contributed by atoms with E-state index in [4.69, 9.17) is 5.73 Å². The molecule has 0 aliphatic carbocycles. The molecule has 4 nitrogen and oxygen atoms in total.